The highest BCUT2D eigenvalue weighted by Crippen LogP contribution is 2.16. The van der Waals surface area contributed by atoms with Gasteiger partial charge < -0.3 is 14.4 Å². The minimum Gasteiger partial charge on any atom is -0.491 e. The van der Waals surface area contributed by atoms with Gasteiger partial charge in [-0.15, -0.1) is 0 Å². The summed E-state index contributed by atoms with van der Waals surface area (Å²) in [6.45, 7) is 1.41. The van der Waals surface area contributed by atoms with Crippen molar-refractivity contribution in [1.82, 2.24) is 19.4 Å². The van der Waals surface area contributed by atoms with Gasteiger partial charge in [0.05, 0.1) is 17.5 Å². The van der Waals surface area contributed by atoms with Gasteiger partial charge in [0.15, 0.2) is 0 Å². The molecule has 1 N–H and O–H groups in total. The van der Waals surface area contributed by atoms with Crippen molar-refractivity contribution in [2.45, 2.75) is 12.6 Å². The van der Waals surface area contributed by atoms with Gasteiger partial charge in [0.2, 0.25) is 0 Å². The van der Waals surface area contributed by atoms with Crippen molar-refractivity contribution in [1.29, 1.82) is 0 Å². The fraction of sp³-hybridized carbons (Fsp3) is 0.217. The van der Waals surface area contributed by atoms with E-state index in [1.165, 1.54) is 0 Å². The molecule has 4 aromatic rings. The van der Waals surface area contributed by atoms with Crippen LogP contribution in [0, 0.1) is 0 Å². The molecule has 4 rings (SSSR count). The number of hydrogen-bond acceptors (Lipinski definition) is 5. The van der Waals surface area contributed by atoms with Gasteiger partial charge >= 0.3 is 0 Å². The summed E-state index contributed by atoms with van der Waals surface area (Å²) in [5.41, 5.74) is 2.98. The van der Waals surface area contributed by atoms with E-state index in [9.17, 15) is 5.11 Å². The molecule has 1 unspecified atom stereocenters. The highest BCUT2D eigenvalue weighted by Gasteiger charge is 2.11. The Labute approximate surface area is 170 Å². The topological polar surface area (TPSA) is 63.4 Å². The highest BCUT2D eigenvalue weighted by atomic mass is 16.5. The van der Waals surface area contributed by atoms with E-state index in [1.54, 1.807) is 12.5 Å². The molecule has 0 aliphatic heterocycles. The maximum Gasteiger partial charge on any atom is 0.119 e. The first-order valence-corrected chi connectivity index (χ1v) is 9.60. The normalized spacial score (nSPS) is 12.4. The minimum absolute atomic E-state index is 0.236. The molecule has 2 aromatic carbocycles. The Hall–Kier alpha value is -3.22. The molecule has 0 amide bonds. The first-order valence-electron chi connectivity index (χ1n) is 9.60. The Morgan fingerprint density at radius 2 is 1.90 bits per heavy atom. The highest BCUT2D eigenvalue weighted by molar-refractivity contribution is 5.78. The number of aromatic nitrogens is 3. The molecule has 0 saturated carbocycles. The van der Waals surface area contributed by atoms with Crippen molar-refractivity contribution >= 4 is 10.9 Å². The number of ether oxygens (including phenoxy) is 1. The third kappa shape index (κ3) is 4.99. The fourth-order valence-corrected chi connectivity index (χ4v) is 3.27. The van der Waals surface area contributed by atoms with Crippen LogP contribution in [0.1, 0.15) is 5.69 Å². The lowest BCUT2D eigenvalue weighted by Gasteiger charge is -2.20. The number of likely N-dealkylation sites (N-methyl/N-ethyl adjacent to an activating group) is 1. The molecule has 6 heteroatoms. The number of aliphatic hydroxyl groups excluding tert-OH is 1. The van der Waals surface area contributed by atoms with Gasteiger partial charge in [-0.2, -0.15) is 0 Å². The van der Waals surface area contributed by atoms with Crippen molar-refractivity contribution in [2.24, 2.45) is 0 Å². The molecule has 0 aliphatic rings. The van der Waals surface area contributed by atoms with Crippen LogP contribution in [0.2, 0.25) is 0 Å². The number of imidazole rings is 1. The van der Waals surface area contributed by atoms with E-state index in [4.69, 9.17) is 4.74 Å². The molecular formula is C23H24N4O2. The van der Waals surface area contributed by atoms with E-state index in [-0.39, 0.29) is 6.61 Å². The molecule has 0 radical (unpaired) electrons. The summed E-state index contributed by atoms with van der Waals surface area (Å²) >= 11 is 0. The van der Waals surface area contributed by atoms with Gasteiger partial charge in [0, 0.05) is 36.6 Å². The van der Waals surface area contributed by atoms with Crippen molar-refractivity contribution in [2.75, 3.05) is 20.2 Å². The molecule has 148 valence electrons. The molecule has 2 heterocycles. The number of rotatable bonds is 8. The van der Waals surface area contributed by atoms with Gasteiger partial charge in [-0.05, 0) is 43.4 Å². The number of nitrogens with zero attached hydrogens (tertiary/aromatic N) is 4. The van der Waals surface area contributed by atoms with Crippen molar-refractivity contribution < 1.29 is 9.84 Å². The number of benzene rings is 2. The molecule has 29 heavy (non-hydrogen) atoms. The Balaban J connectivity index is 1.26. The predicted octanol–water partition coefficient (Wildman–Crippen LogP) is 3.29. The van der Waals surface area contributed by atoms with Crippen molar-refractivity contribution in [3.63, 3.8) is 0 Å². The van der Waals surface area contributed by atoms with Gasteiger partial charge in [0.25, 0.3) is 0 Å². The number of fused-ring (bicyclic) bond motifs is 1. The van der Waals surface area contributed by atoms with Crippen LogP contribution in [0.4, 0.5) is 0 Å². The maximum absolute atomic E-state index is 10.3. The number of aliphatic hydroxyl groups is 1. The summed E-state index contributed by atoms with van der Waals surface area (Å²) in [6, 6.07) is 19.9. The second-order valence-electron chi connectivity index (χ2n) is 7.12. The number of hydrogen-bond donors (Lipinski definition) is 1. The Kier molecular flexibility index (Phi) is 5.84. The molecule has 0 saturated heterocycles. The third-order valence-corrected chi connectivity index (χ3v) is 4.69. The largest absolute Gasteiger partial charge is 0.491 e. The third-order valence-electron chi connectivity index (χ3n) is 4.69. The SMILES string of the molecule is CN(Cc1ccc2ccccc2n1)CC(O)COc1ccc(-n2ccnc2)cc1. The standard InChI is InChI=1S/C23H24N4O2/c1-26(14-19-7-6-18-4-2-3-5-23(18)25-19)15-21(28)16-29-22-10-8-20(9-11-22)27-13-12-24-17-27/h2-13,17,21,28H,14-16H2,1H3. The van der Waals surface area contributed by atoms with Gasteiger partial charge in [-0.1, -0.05) is 24.3 Å². The van der Waals surface area contributed by atoms with Crippen LogP contribution in [0.25, 0.3) is 16.6 Å². The summed E-state index contributed by atoms with van der Waals surface area (Å²) in [5, 5.41) is 11.5. The number of pyridine rings is 1. The van der Waals surface area contributed by atoms with E-state index in [2.05, 4.69) is 22.1 Å². The van der Waals surface area contributed by atoms with Crippen LogP contribution >= 0.6 is 0 Å². The minimum atomic E-state index is -0.589. The van der Waals surface area contributed by atoms with E-state index in [0.717, 1.165) is 28.0 Å². The molecule has 0 aliphatic carbocycles. The summed E-state index contributed by atoms with van der Waals surface area (Å²) in [4.78, 5) is 10.8. The van der Waals surface area contributed by atoms with E-state index < -0.39 is 6.10 Å². The molecule has 6 nitrogen and oxygen atoms in total. The van der Waals surface area contributed by atoms with Crippen LogP contribution in [0.3, 0.4) is 0 Å². The predicted molar refractivity (Wildman–Crippen MR) is 113 cm³/mol. The average Bonchev–Trinajstić information content (AvgIpc) is 3.27. The van der Waals surface area contributed by atoms with E-state index in [1.807, 2.05) is 71.2 Å². The van der Waals surface area contributed by atoms with Crippen molar-refractivity contribution in [3.8, 4) is 11.4 Å². The second-order valence-corrected chi connectivity index (χ2v) is 7.12. The van der Waals surface area contributed by atoms with Crippen LogP contribution in [-0.4, -0.2) is 50.8 Å². The average molecular weight is 388 g/mol. The number of para-hydroxylation sites is 1. The van der Waals surface area contributed by atoms with E-state index in [0.29, 0.717) is 13.1 Å². The molecular weight excluding hydrogens is 364 g/mol. The first-order chi connectivity index (χ1) is 14.2. The molecule has 1 atom stereocenters. The lowest BCUT2D eigenvalue weighted by Crippen LogP contribution is -2.33. The van der Waals surface area contributed by atoms with E-state index >= 15 is 0 Å². The quantitative estimate of drug-likeness (QED) is 0.502. The second kappa shape index (κ2) is 8.86. The zero-order chi connectivity index (χ0) is 20.1. The molecule has 2 aromatic heterocycles. The van der Waals surface area contributed by atoms with Crippen molar-refractivity contribution in [3.05, 3.63) is 85.1 Å². The van der Waals surface area contributed by atoms with Crippen LogP contribution in [0.15, 0.2) is 79.4 Å². The van der Waals surface area contributed by atoms with Gasteiger partial charge in [-0.3, -0.25) is 9.88 Å². The summed E-state index contributed by atoms with van der Waals surface area (Å²) in [6.07, 6.45) is 4.79. The first kappa shape index (κ1) is 19.1. The summed E-state index contributed by atoms with van der Waals surface area (Å²) in [7, 11) is 1.97. The Bertz CT molecular complexity index is 1050. The summed E-state index contributed by atoms with van der Waals surface area (Å²) < 4.78 is 7.66. The monoisotopic (exact) mass is 388 g/mol. The fourth-order valence-electron chi connectivity index (χ4n) is 3.27. The lowest BCUT2D eigenvalue weighted by atomic mass is 10.2. The zero-order valence-corrected chi connectivity index (χ0v) is 16.3. The molecule has 0 bridgehead atoms. The smallest absolute Gasteiger partial charge is 0.119 e. The van der Waals surface area contributed by atoms with Gasteiger partial charge in [-0.25, -0.2) is 4.98 Å². The lowest BCUT2D eigenvalue weighted by molar-refractivity contribution is 0.0741. The van der Waals surface area contributed by atoms with Crippen LogP contribution in [0.5, 0.6) is 5.75 Å². The Morgan fingerprint density at radius 1 is 1.07 bits per heavy atom. The van der Waals surface area contributed by atoms with Gasteiger partial charge in [0.1, 0.15) is 18.5 Å². The molecule has 0 spiro atoms. The zero-order valence-electron chi connectivity index (χ0n) is 16.3. The summed E-state index contributed by atoms with van der Waals surface area (Å²) in [5.74, 6) is 0.728. The maximum atomic E-state index is 10.3. The van der Waals surface area contributed by atoms with Crippen LogP contribution in [-0.2, 0) is 6.54 Å². The van der Waals surface area contributed by atoms with Crippen LogP contribution < -0.4 is 4.74 Å². The Morgan fingerprint density at radius 3 is 2.69 bits per heavy atom. The molecule has 0 fully saturated rings.